The minimum atomic E-state index is -0.447. The largest absolute Gasteiger partial charge is 0.374 e. The van der Waals surface area contributed by atoms with Crippen molar-refractivity contribution >= 4 is 28.9 Å². The van der Waals surface area contributed by atoms with Gasteiger partial charge in [-0.05, 0) is 56.2 Å². The van der Waals surface area contributed by atoms with E-state index in [-0.39, 0.29) is 11.8 Å². The van der Waals surface area contributed by atoms with Crippen molar-refractivity contribution in [3.05, 3.63) is 53.6 Å². The first-order valence-corrected chi connectivity index (χ1v) is 9.13. The Balaban J connectivity index is 1.98. The second-order valence-corrected chi connectivity index (χ2v) is 7.90. The van der Waals surface area contributed by atoms with Crippen LogP contribution in [0.25, 0.3) is 0 Å². The molecule has 5 nitrogen and oxygen atoms in total. The summed E-state index contributed by atoms with van der Waals surface area (Å²) < 4.78 is 0. The zero-order valence-corrected chi connectivity index (χ0v) is 16.9. The number of hydrogen-bond acceptors (Lipinski definition) is 3. The first-order valence-electron chi connectivity index (χ1n) is 9.13. The molecule has 1 atom stereocenters. The van der Waals surface area contributed by atoms with E-state index in [0.29, 0.717) is 0 Å². The van der Waals surface area contributed by atoms with Gasteiger partial charge in [0, 0.05) is 22.5 Å². The normalized spacial score (nSPS) is 12.2. The van der Waals surface area contributed by atoms with Crippen LogP contribution in [0.3, 0.4) is 0 Å². The molecule has 0 bridgehead atoms. The minimum Gasteiger partial charge on any atom is -0.374 e. The van der Waals surface area contributed by atoms with Gasteiger partial charge in [-0.15, -0.1) is 0 Å². The molecule has 3 N–H and O–H groups in total. The monoisotopic (exact) mass is 367 g/mol. The van der Waals surface area contributed by atoms with Crippen LogP contribution in [0.2, 0.25) is 0 Å². The van der Waals surface area contributed by atoms with Crippen molar-refractivity contribution < 1.29 is 9.59 Å². The molecule has 2 amide bonds. The number of carbonyl (C=O) groups is 2. The number of amides is 2. The molecule has 0 spiro atoms. The third-order valence-corrected chi connectivity index (χ3v) is 4.33. The highest BCUT2D eigenvalue weighted by Crippen LogP contribution is 2.21. The fourth-order valence-corrected chi connectivity index (χ4v) is 2.53. The van der Waals surface area contributed by atoms with Gasteiger partial charge >= 0.3 is 0 Å². The zero-order chi connectivity index (χ0) is 20.2. The predicted octanol–water partition coefficient (Wildman–Crippen LogP) is 4.73. The Morgan fingerprint density at radius 1 is 0.852 bits per heavy atom. The lowest BCUT2D eigenvalue weighted by Gasteiger charge is -2.19. The average Bonchev–Trinajstić information content (AvgIpc) is 2.59. The van der Waals surface area contributed by atoms with E-state index >= 15 is 0 Å². The van der Waals surface area contributed by atoms with Crippen LogP contribution >= 0.6 is 0 Å². The number of para-hydroxylation sites is 1. The molecular weight excluding hydrogens is 338 g/mol. The minimum absolute atomic E-state index is 0.0374. The van der Waals surface area contributed by atoms with E-state index in [0.717, 1.165) is 28.2 Å². The summed E-state index contributed by atoms with van der Waals surface area (Å²) in [5, 5.41) is 9.07. The van der Waals surface area contributed by atoms with Crippen LogP contribution in [-0.4, -0.2) is 17.9 Å². The van der Waals surface area contributed by atoms with Crippen LogP contribution in [0.1, 0.15) is 38.8 Å². The van der Waals surface area contributed by atoms with Crippen LogP contribution < -0.4 is 16.0 Å². The number of benzene rings is 2. The molecule has 0 aliphatic heterocycles. The van der Waals surface area contributed by atoms with Crippen LogP contribution in [0.5, 0.6) is 0 Å². The number of anilines is 3. The van der Waals surface area contributed by atoms with Gasteiger partial charge in [-0.1, -0.05) is 39.0 Å². The Kier molecular flexibility index (Phi) is 6.26. The highest BCUT2D eigenvalue weighted by molar-refractivity contribution is 5.97. The van der Waals surface area contributed by atoms with E-state index in [1.807, 2.05) is 84.0 Å². The third kappa shape index (κ3) is 5.58. The zero-order valence-electron chi connectivity index (χ0n) is 16.9. The molecule has 0 saturated carbocycles. The summed E-state index contributed by atoms with van der Waals surface area (Å²) in [6.45, 7) is 11.4. The maximum Gasteiger partial charge on any atom is 0.246 e. The molecule has 2 aromatic rings. The lowest BCUT2D eigenvalue weighted by Crippen LogP contribution is -2.32. The fraction of sp³-hybridized carbons (Fsp3) is 0.364. The molecule has 2 aromatic carbocycles. The van der Waals surface area contributed by atoms with Crippen LogP contribution in [0.15, 0.2) is 42.5 Å². The predicted molar refractivity (Wildman–Crippen MR) is 112 cm³/mol. The maximum atomic E-state index is 12.5. The van der Waals surface area contributed by atoms with Gasteiger partial charge < -0.3 is 16.0 Å². The van der Waals surface area contributed by atoms with Crippen molar-refractivity contribution in [3.63, 3.8) is 0 Å². The number of aryl methyl sites for hydroxylation is 2. The molecule has 0 aliphatic carbocycles. The average molecular weight is 367 g/mol. The van der Waals surface area contributed by atoms with Gasteiger partial charge in [-0.2, -0.15) is 0 Å². The highest BCUT2D eigenvalue weighted by atomic mass is 16.2. The number of carbonyl (C=O) groups excluding carboxylic acids is 2. The van der Waals surface area contributed by atoms with Crippen molar-refractivity contribution in [1.82, 2.24) is 0 Å². The van der Waals surface area contributed by atoms with Crippen molar-refractivity contribution in [2.45, 2.75) is 47.6 Å². The summed E-state index contributed by atoms with van der Waals surface area (Å²) in [5.41, 5.74) is 4.03. The molecule has 1 unspecified atom stereocenters. The topological polar surface area (TPSA) is 70.2 Å². The summed E-state index contributed by atoms with van der Waals surface area (Å²) in [5.74, 6) is -0.137. The Hall–Kier alpha value is -2.82. The van der Waals surface area contributed by atoms with E-state index in [4.69, 9.17) is 0 Å². The third-order valence-electron chi connectivity index (χ3n) is 4.33. The molecule has 0 fully saturated rings. The van der Waals surface area contributed by atoms with Crippen LogP contribution in [-0.2, 0) is 9.59 Å². The van der Waals surface area contributed by atoms with Gasteiger partial charge in [0.2, 0.25) is 11.8 Å². The Bertz CT molecular complexity index is 800. The lowest BCUT2D eigenvalue weighted by atomic mass is 9.95. The second kappa shape index (κ2) is 8.25. The van der Waals surface area contributed by atoms with Gasteiger partial charge in [-0.25, -0.2) is 0 Å². The summed E-state index contributed by atoms with van der Waals surface area (Å²) in [6.07, 6.45) is 0. The van der Waals surface area contributed by atoms with Gasteiger partial charge in [0.1, 0.15) is 6.04 Å². The Labute approximate surface area is 161 Å². The maximum absolute atomic E-state index is 12.5. The second-order valence-electron chi connectivity index (χ2n) is 7.90. The molecule has 5 heteroatoms. The van der Waals surface area contributed by atoms with Crippen molar-refractivity contribution in [2.24, 2.45) is 5.41 Å². The van der Waals surface area contributed by atoms with E-state index in [9.17, 15) is 9.59 Å². The molecule has 0 saturated heterocycles. The molecule has 0 radical (unpaired) electrons. The van der Waals surface area contributed by atoms with Crippen molar-refractivity contribution in [1.29, 1.82) is 0 Å². The van der Waals surface area contributed by atoms with Crippen molar-refractivity contribution in [2.75, 3.05) is 16.0 Å². The molecule has 2 rings (SSSR count). The van der Waals surface area contributed by atoms with Gasteiger partial charge in [-0.3, -0.25) is 9.59 Å². The quantitative estimate of drug-likeness (QED) is 0.716. The van der Waals surface area contributed by atoms with Crippen molar-refractivity contribution in [3.8, 4) is 0 Å². The molecule has 0 aromatic heterocycles. The van der Waals surface area contributed by atoms with E-state index < -0.39 is 11.5 Å². The molecule has 144 valence electrons. The van der Waals surface area contributed by atoms with Crippen LogP contribution in [0, 0.1) is 19.3 Å². The molecule has 0 aliphatic rings. The lowest BCUT2D eigenvalue weighted by molar-refractivity contribution is -0.123. The standard InChI is InChI=1S/C22H29N3O2/c1-14-8-7-9-15(2)19(14)25-20(26)16(3)23-17-10-12-18(13-11-17)24-21(27)22(4,5)6/h7-13,16,23H,1-6H3,(H,24,27)(H,25,26). The summed E-state index contributed by atoms with van der Waals surface area (Å²) >= 11 is 0. The summed E-state index contributed by atoms with van der Waals surface area (Å²) in [4.78, 5) is 24.5. The Morgan fingerprint density at radius 2 is 1.37 bits per heavy atom. The van der Waals surface area contributed by atoms with E-state index in [1.54, 1.807) is 0 Å². The van der Waals surface area contributed by atoms with Gasteiger partial charge in [0.25, 0.3) is 0 Å². The first kappa shape index (κ1) is 20.5. The molecule has 0 heterocycles. The SMILES string of the molecule is Cc1cccc(C)c1NC(=O)C(C)Nc1ccc(NC(=O)C(C)(C)C)cc1. The summed E-state index contributed by atoms with van der Waals surface area (Å²) in [6, 6.07) is 12.9. The smallest absolute Gasteiger partial charge is 0.246 e. The van der Waals surface area contributed by atoms with E-state index in [2.05, 4.69) is 16.0 Å². The van der Waals surface area contributed by atoms with E-state index in [1.165, 1.54) is 0 Å². The van der Waals surface area contributed by atoms with Gasteiger partial charge in [0.05, 0.1) is 0 Å². The molecule has 27 heavy (non-hydrogen) atoms. The van der Waals surface area contributed by atoms with Crippen LogP contribution in [0.4, 0.5) is 17.1 Å². The number of rotatable bonds is 5. The molecular formula is C22H29N3O2. The summed E-state index contributed by atoms with van der Waals surface area (Å²) in [7, 11) is 0. The van der Waals surface area contributed by atoms with Gasteiger partial charge in [0.15, 0.2) is 0 Å². The number of nitrogens with one attached hydrogen (secondary N) is 3. The fourth-order valence-electron chi connectivity index (χ4n) is 2.53. The highest BCUT2D eigenvalue weighted by Gasteiger charge is 2.21. The Morgan fingerprint density at radius 3 is 1.89 bits per heavy atom. The first-order chi connectivity index (χ1) is 12.6. The number of hydrogen-bond donors (Lipinski definition) is 3.